The SMILES string of the molecule is CCCCC(C)C1=CC=C(C)CC1. The van der Waals surface area contributed by atoms with Crippen molar-refractivity contribution >= 4 is 0 Å². The summed E-state index contributed by atoms with van der Waals surface area (Å²) in [7, 11) is 0. The lowest BCUT2D eigenvalue weighted by Crippen LogP contribution is -2.02. The zero-order valence-corrected chi connectivity index (χ0v) is 9.27. The summed E-state index contributed by atoms with van der Waals surface area (Å²) in [6.07, 6.45) is 11.3. The average molecular weight is 178 g/mol. The fraction of sp³-hybridized carbons (Fsp3) is 0.692. The van der Waals surface area contributed by atoms with Crippen molar-refractivity contribution in [3.05, 3.63) is 23.3 Å². The van der Waals surface area contributed by atoms with E-state index in [0.717, 1.165) is 5.92 Å². The van der Waals surface area contributed by atoms with Gasteiger partial charge < -0.3 is 0 Å². The van der Waals surface area contributed by atoms with Gasteiger partial charge in [-0.05, 0) is 32.1 Å². The van der Waals surface area contributed by atoms with Crippen LogP contribution in [0.2, 0.25) is 0 Å². The molecule has 1 aliphatic rings. The highest BCUT2D eigenvalue weighted by atomic mass is 14.2. The average Bonchev–Trinajstić information content (AvgIpc) is 2.15. The predicted octanol–water partition coefficient (Wildman–Crippen LogP) is 4.48. The van der Waals surface area contributed by atoms with Gasteiger partial charge in [0, 0.05) is 0 Å². The summed E-state index contributed by atoms with van der Waals surface area (Å²) in [5, 5.41) is 0. The fourth-order valence-corrected chi connectivity index (χ4v) is 1.86. The van der Waals surface area contributed by atoms with E-state index in [1.54, 1.807) is 5.57 Å². The third-order valence-corrected chi connectivity index (χ3v) is 3.01. The van der Waals surface area contributed by atoms with E-state index in [1.165, 1.54) is 37.7 Å². The Bertz CT molecular complexity index is 208. The van der Waals surface area contributed by atoms with Gasteiger partial charge >= 0.3 is 0 Å². The molecule has 0 bridgehead atoms. The number of allylic oxidation sites excluding steroid dienone is 4. The summed E-state index contributed by atoms with van der Waals surface area (Å²) in [5.41, 5.74) is 3.20. The molecule has 1 aliphatic carbocycles. The zero-order chi connectivity index (χ0) is 9.68. The predicted molar refractivity (Wildman–Crippen MR) is 59.8 cm³/mol. The summed E-state index contributed by atoms with van der Waals surface area (Å²) in [6, 6.07) is 0. The lowest BCUT2D eigenvalue weighted by Gasteiger charge is -2.18. The molecule has 0 N–H and O–H groups in total. The third kappa shape index (κ3) is 3.38. The molecular formula is C13H22. The molecule has 0 amide bonds. The summed E-state index contributed by atoms with van der Waals surface area (Å²) >= 11 is 0. The second-order valence-corrected chi connectivity index (χ2v) is 4.30. The highest BCUT2D eigenvalue weighted by Gasteiger charge is 2.10. The molecule has 0 aromatic carbocycles. The van der Waals surface area contributed by atoms with Crippen LogP contribution >= 0.6 is 0 Å². The first kappa shape index (κ1) is 10.6. The summed E-state index contributed by atoms with van der Waals surface area (Å²) in [5.74, 6) is 0.810. The van der Waals surface area contributed by atoms with E-state index < -0.39 is 0 Å². The molecule has 13 heavy (non-hydrogen) atoms. The van der Waals surface area contributed by atoms with Crippen molar-refractivity contribution in [2.45, 2.75) is 52.9 Å². The van der Waals surface area contributed by atoms with Crippen molar-refractivity contribution in [3.8, 4) is 0 Å². The van der Waals surface area contributed by atoms with Crippen LogP contribution in [-0.4, -0.2) is 0 Å². The fourth-order valence-electron chi connectivity index (χ4n) is 1.86. The maximum absolute atomic E-state index is 2.37. The van der Waals surface area contributed by atoms with Crippen molar-refractivity contribution in [2.24, 2.45) is 5.92 Å². The minimum Gasteiger partial charge on any atom is -0.0730 e. The van der Waals surface area contributed by atoms with Crippen LogP contribution in [0.4, 0.5) is 0 Å². The second kappa shape index (κ2) is 5.26. The quantitative estimate of drug-likeness (QED) is 0.595. The normalized spacial score (nSPS) is 19.3. The molecule has 1 rings (SSSR count). The van der Waals surface area contributed by atoms with Gasteiger partial charge in [0.05, 0.1) is 0 Å². The summed E-state index contributed by atoms with van der Waals surface area (Å²) < 4.78 is 0. The molecule has 0 radical (unpaired) electrons. The van der Waals surface area contributed by atoms with Crippen LogP contribution in [0.3, 0.4) is 0 Å². The maximum Gasteiger partial charge on any atom is -0.0228 e. The minimum atomic E-state index is 0.810. The molecule has 0 aliphatic heterocycles. The van der Waals surface area contributed by atoms with Crippen LogP contribution in [0.1, 0.15) is 52.9 Å². The Hall–Kier alpha value is -0.520. The monoisotopic (exact) mass is 178 g/mol. The van der Waals surface area contributed by atoms with Gasteiger partial charge in [0.15, 0.2) is 0 Å². The highest BCUT2D eigenvalue weighted by molar-refractivity contribution is 5.23. The molecule has 0 fully saturated rings. The Balaban J connectivity index is 2.43. The molecule has 1 atom stereocenters. The lowest BCUT2D eigenvalue weighted by atomic mass is 9.88. The number of unbranched alkanes of at least 4 members (excludes halogenated alkanes) is 1. The van der Waals surface area contributed by atoms with E-state index >= 15 is 0 Å². The van der Waals surface area contributed by atoms with Gasteiger partial charge in [-0.2, -0.15) is 0 Å². The largest absolute Gasteiger partial charge is 0.0730 e. The third-order valence-electron chi connectivity index (χ3n) is 3.01. The van der Waals surface area contributed by atoms with E-state index in [-0.39, 0.29) is 0 Å². The van der Waals surface area contributed by atoms with Crippen molar-refractivity contribution in [1.82, 2.24) is 0 Å². The van der Waals surface area contributed by atoms with Crippen molar-refractivity contribution in [2.75, 3.05) is 0 Å². The van der Waals surface area contributed by atoms with Crippen molar-refractivity contribution in [1.29, 1.82) is 0 Å². The van der Waals surface area contributed by atoms with Crippen LogP contribution < -0.4 is 0 Å². The van der Waals surface area contributed by atoms with Gasteiger partial charge in [-0.3, -0.25) is 0 Å². The minimum absolute atomic E-state index is 0.810. The van der Waals surface area contributed by atoms with Crippen molar-refractivity contribution < 1.29 is 0 Å². The van der Waals surface area contributed by atoms with Gasteiger partial charge in [-0.15, -0.1) is 0 Å². The molecule has 74 valence electrons. The number of rotatable bonds is 4. The van der Waals surface area contributed by atoms with Crippen molar-refractivity contribution in [3.63, 3.8) is 0 Å². The van der Waals surface area contributed by atoms with E-state index in [2.05, 4.69) is 32.9 Å². The number of hydrogen-bond donors (Lipinski definition) is 0. The Morgan fingerprint density at radius 1 is 1.31 bits per heavy atom. The highest BCUT2D eigenvalue weighted by Crippen LogP contribution is 2.26. The van der Waals surface area contributed by atoms with Gasteiger partial charge in [-0.1, -0.05) is 50.0 Å². The van der Waals surface area contributed by atoms with Crippen LogP contribution in [0.15, 0.2) is 23.3 Å². The van der Waals surface area contributed by atoms with Crippen LogP contribution in [-0.2, 0) is 0 Å². The molecule has 0 nitrogen and oxygen atoms in total. The first-order chi connectivity index (χ1) is 6.24. The molecular weight excluding hydrogens is 156 g/mol. The first-order valence-electron chi connectivity index (χ1n) is 5.60. The Labute approximate surface area is 82.7 Å². The standard InChI is InChI=1S/C13H22/c1-4-5-6-12(3)13-9-7-11(2)8-10-13/h7,9,12H,4-6,8,10H2,1-3H3. The van der Waals surface area contributed by atoms with Gasteiger partial charge in [-0.25, -0.2) is 0 Å². The molecule has 0 aromatic rings. The topological polar surface area (TPSA) is 0 Å². The van der Waals surface area contributed by atoms with Gasteiger partial charge in [0.1, 0.15) is 0 Å². The van der Waals surface area contributed by atoms with Crippen LogP contribution in [0.25, 0.3) is 0 Å². The van der Waals surface area contributed by atoms with E-state index in [9.17, 15) is 0 Å². The van der Waals surface area contributed by atoms with Gasteiger partial charge in [0.2, 0.25) is 0 Å². The van der Waals surface area contributed by atoms with E-state index in [0.29, 0.717) is 0 Å². The molecule has 0 saturated heterocycles. The van der Waals surface area contributed by atoms with Gasteiger partial charge in [0.25, 0.3) is 0 Å². The second-order valence-electron chi connectivity index (χ2n) is 4.30. The maximum atomic E-state index is 2.37. The Kier molecular flexibility index (Phi) is 4.27. The Morgan fingerprint density at radius 2 is 2.08 bits per heavy atom. The zero-order valence-electron chi connectivity index (χ0n) is 9.27. The summed E-state index contributed by atoms with van der Waals surface area (Å²) in [4.78, 5) is 0. The van der Waals surface area contributed by atoms with Crippen LogP contribution in [0, 0.1) is 5.92 Å². The molecule has 0 aromatic heterocycles. The molecule has 0 heteroatoms. The smallest absolute Gasteiger partial charge is 0.0228 e. The molecule has 0 heterocycles. The van der Waals surface area contributed by atoms with E-state index in [1.807, 2.05) is 0 Å². The number of hydrogen-bond acceptors (Lipinski definition) is 0. The summed E-state index contributed by atoms with van der Waals surface area (Å²) in [6.45, 7) is 6.87. The van der Waals surface area contributed by atoms with E-state index in [4.69, 9.17) is 0 Å². The van der Waals surface area contributed by atoms with Crippen LogP contribution in [0.5, 0.6) is 0 Å². The lowest BCUT2D eigenvalue weighted by molar-refractivity contribution is 0.551. The molecule has 1 unspecified atom stereocenters. The first-order valence-corrected chi connectivity index (χ1v) is 5.60. The molecule has 0 saturated carbocycles. The molecule has 0 spiro atoms. The Morgan fingerprint density at radius 3 is 2.62 bits per heavy atom.